The third-order valence-electron chi connectivity index (χ3n) is 3.29. The summed E-state index contributed by atoms with van der Waals surface area (Å²) in [6, 6.07) is 8.31. The first-order valence-corrected chi connectivity index (χ1v) is 9.21. The van der Waals surface area contributed by atoms with E-state index < -0.39 is 10.0 Å². The lowest BCUT2D eigenvalue weighted by Gasteiger charge is -2.08. The van der Waals surface area contributed by atoms with Crippen LogP contribution in [-0.2, 0) is 10.0 Å². The summed E-state index contributed by atoms with van der Waals surface area (Å²) in [6.07, 6.45) is 1.33. The van der Waals surface area contributed by atoms with Crippen LogP contribution in [0.3, 0.4) is 0 Å². The minimum absolute atomic E-state index is 0.0365. The number of hydrazone groups is 1. The zero-order chi connectivity index (χ0) is 17.9. The van der Waals surface area contributed by atoms with Gasteiger partial charge in [-0.15, -0.1) is 0 Å². The molecule has 0 heterocycles. The maximum Gasteiger partial charge on any atom is 0.276 e. The molecule has 2 N–H and O–H groups in total. The SMILES string of the molecule is COc1cc(/C=N/NS(=O)(=O)c2cc(C)ccc2C)cc(Br)c1O. The number of nitrogens with zero attached hydrogens (tertiary/aromatic N) is 1. The van der Waals surface area contributed by atoms with Crippen LogP contribution in [-0.4, -0.2) is 26.8 Å². The Labute approximate surface area is 149 Å². The first-order chi connectivity index (χ1) is 11.2. The Kier molecular flexibility index (Phi) is 5.51. The van der Waals surface area contributed by atoms with Crippen molar-refractivity contribution in [2.24, 2.45) is 5.10 Å². The van der Waals surface area contributed by atoms with Crippen LogP contribution < -0.4 is 9.57 Å². The van der Waals surface area contributed by atoms with Crippen molar-refractivity contribution < 1.29 is 18.3 Å². The standard InChI is InChI=1S/C16H17BrN2O4S/c1-10-4-5-11(2)15(6-10)24(21,22)19-18-9-12-7-13(17)16(20)14(8-12)23-3/h4-9,19-20H,1-3H3/b18-9+. The number of sulfonamides is 1. The van der Waals surface area contributed by atoms with Crippen LogP contribution in [0, 0.1) is 13.8 Å². The van der Waals surface area contributed by atoms with Gasteiger partial charge in [0.15, 0.2) is 11.5 Å². The van der Waals surface area contributed by atoms with Gasteiger partial charge in [0, 0.05) is 0 Å². The lowest BCUT2D eigenvalue weighted by Crippen LogP contribution is -2.19. The molecule has 0 atom stereocenters. The zero-order valence-electron chi connectivity index (χ0n) is 13.4. The first-order valence-electron chi connectivity index (χ1n) is 6.93. The molecule has 0 aliphatic carbocycles. The van der Waals surface area contributed by atoms with Crippen LogP contribution in [0.25, 0.3) is 0 Å². The molecule has 0 fully saturated rings. The van der Waals surface area contributed by atoms with E-state index in [0.717, 1.165) is 5.56 Å². The van der Waals surface area contributed by atoms with Crippen LogP contribution in [0.2, 0.25) is 0 Å². The monoisotopic (exact) mass is 412 g/mol. The maximum atomic E-state index is 12.3. The van der Waals surface area contributed by atoms with E-state index in [0.29, 0.717) is 15.6 Å². The lowest BCUT2D eigenvalue weighted by atomic mass is 10.2. The number of rotatable bonds is 5. The summed E-state index contributed by atoms with van der Waals surface area (Å²) < 4.78 is 30.1. The number of hydrogen-bond donors (Lipinski definition) is 2. The van der Waals surface area contributed by atoms with E-state index in [1.54, 1.807) is 25.1 Å². The molecular weight excluding hydrogens is 396 g/mol. The van der Waals surface area contributed by atoms with Crippen molar-refractivity contribution in [2.45, 2.75) is 18.7 Å². The maximum absolute atomic E-state index is 12.3. The predicted molar refractivity (Wildman–Crippen MR) is 96.2 cm³/mol. The summed E-state index contributed by atoms with van der Waals surface area (Å²) in [5, 5.41) is 13.5. The third kappa shape index (κ3) is 4.07. The number of nitrogens with one attached hydrogen (secondary N) is 1. The Balaban J connectivity index is 2.25. The summed E-state index contributed by atoms with van der Waals surface area (Å²) in [5.74, 6) is 0.217. The van der Waals surface area contributed by atoms with Crippen molar-refractivity contribution in [3.63, 3.8) is 0 Å². The lowest BCUT2D eigenvalue weighted by molar-refractivity contribution is 0.372. The van der Waals surface area contributed by atoms with E-state index >= 15 is 0 Å². The number of aromatic hydroxyl groups is 1. The van der Waals surface area contributed by atoms with Gasteiger partial charge in [0.25, 0.3) is 10.0 Å². The van der Waals surface area contributed by atoms with Gasteiger partial charge in [-0.3, -0.25) is 0 Å². The van der Waals surface area contributed by atoms with Crippen LogP contribution in [0.1, 0.15) is 16.7 Å². The average molecular weight is 413 g/mol. The summed E-state index contributed by atoms with van der Waals surface area (Å²) in [5.41, 5.74) is 2.04. The van der Waals surface area contributed by atoms with Gasteiger partial charge in [0.05, 0.1) is 22.7 Å². The van der Waals surface area contributed by atoms with Gasteiger partial charge in [-0.05, 0) is 64.7 Å². The van der Waals surface area contributed by atoms with Crippen LogP contribution >= 0.6 is 15.9 Å². The largest absolute Gasteiger partial charge is 0.503 e. The molecule has 0 amide bonds. The summed E-state index contributed by atoms with van der Waals surface area (Å²) >= 11 is 3.19. The minimum atomic E-state index is -3.76. The molecular formula is C16H17BrN2O4S. The quantitative estimate of drug-likeness (QED) is 0.583. The van der Waals surface area contributed by atoms with Gasteiger partial charge in [-0.25, -0.2) is 4.83 Å². The molecule has 0 aliphatic rings. The Morgan fingerprint density at radius 1 is 1.25 bits per heavy atom. The summed E-state index contributed by atoms with van der Waals surface area (Å²) in [7, 11) is -2.34. The van der Waals surface area contributed by atoms with E-state index in [1.165, 1.54) is 19.4 Å². The van der Waals surface area contributed by atoms with Crippen molar-refractivity contribution in [1.82, 2.24) is 4.83 Å². The van der Waals surface area contributed by atoms with Gasteiger partial charge < -0.3 is 9.84 Å². The molecule has 24 heavy (non-hydrogen) atoms. The molecule has 128 valence electrons. The van der Waals surface area contributed by atoms with Crippen molar-refractivity contribution in [1.29, 1.82) is 0 Å². The topological polar surface area (TPSA) is 88.0 Å². The molecule has 2 aromatic carbocycles. The van der Waals surface area contributed by atoms with Crippen molar-refractivity contribution in [2.75, 3.05) is 7.11 Å². The smallest absolute Gasteiger partial charge is 0.276 e. The van der Waals surface area contributed by atoms with Gasteiger partial charge in [-0.2, -0.15) is 13.5 Å². The molecule has 6 nitrogen and oxygen atoms in total. The van der Waals surface area contributed by atoms with Gasteiger partial charge in [-0.1, -0.05) is 12.1 Å². The molecule has 0 unspecified atom stereocenters. The van der Waals surface area contributed by atoms with Gasteiger partial charge in [0.1, 0.15) is 0 Å². The molecule has 0 radical (unpaired) electrons. The highest BCUT2D eigenvalue weighted by atomic mass is 79.9. The number of methoxy groups -OCH3 is 1. The summed E-state index contributed by atoms with van der Waals surface area (Å²) in [4.78, 5) is 2.37. The van der Waals surface area contributed by atoms with Gasteiger partial charge >= 0.3 is 0 Å². The average Bonchev–Trinajstić information content (AvgIpc) is 2.52. The molecule has 0 saturated carbocycles. The Morgan fingerprint density at radius 3 is 2.62 bits per heavy atom. The predicted octanol–water partition coefficient (Wildman–Crippen LogP) is 3.09. The fourth-order valence-electron chi connectivity index (χ4n) is 2.04. The highest BCUT2D eigenvalue weighted by molar-refractivity contribution is 9.10. The third-order valence-corrected chi connectivity index (χ3v) is 5.26. The highest BCUT2D eigenvalue weighted by Crippen LogP contribution is 2.34. The Morgan fingerprint density at radius 2 is 1.96 bits per heavy atom. The first kappa shape index (κ1) is 18.3. The van der Waals surface area contributed by atoms with E-state index in [1.807, 2.05) is 13.0 Å². The molecule has 8 heteroatoms. The fraction of sp³-hybridized carbons (Fsp3) is 0.188. The molecule has 0 aromatic heterocycles. The zero-order valence-corrected chi connectivity index (χ0v) is 15.8. The van der Waals surface area contributed by atoms with Crippen LogP contribution in [0.4, 0.5) is 0 Å². The highest BCUT2D eigenvalue weighted by Gasteiger charge is 2.16. The summed E-state index contributed by atoms with van der Waals surface area (Å²) in [6.45, 7) is 3.54. The molecule has 0 saturated heterocycles. The minimum Gasteiger partial charge on any atom is -0.503 e. The molecule has 2 rings (SSSR count). The molecule has 0 spiro atoms. The van der Waals surface area contributed by atoms with Crippen molar-refractivity contribution >= 4 is 32.2 Å². The van der Waals surface area contributed by atoms with Crippen molar-refractivity contribution in [3.05, 3.63) is 51.5 Å². The number of aryl methyl sites for hydroxylation is 2. The second-order valence-electron chi connectivity index (χ2n) is 5.18. The number of hydrogen-bond acceptors (Lipinski definition) is 5. The number of phenols is 1. The number of phenolic OH excluding ortho intramolecular Hbond substituents is 1. The van der Waals surface area contributed by atoms with E-state index in [-0.39, 0.29) is 16.4 Å². The number of ether oxygens (including phenoxy) is 1. The fourth-order valence-corrected chi connectivity index (χ4v) is 3.62. The Bertz CT molecular complexity index is 895. The molecule has 0 bridgehead atoms. The number of benzene rings is 2. The molecule has 0 aliphatic heterocycles. The second kappa shape index (κ2) is 7.23. The van der Waals surface area contributed by atoms with Crippen LogP contribution in [0.15, 0.2) is 44.8 Å². The van der Waals surface area contributed by atoms with Crippen LogP contribution in [0.5, 0.6) is 11.5 Å². The Hall–Kier alpha value is -2.06. The van der Waals surface area contributed by atoms with Crippen molar-refractivity contribution in [3.8, 4) is 11.5 Å². The number of halogens is 1. The molecule has 2 aromatic rings. The van der Waals surface area contributed by atoms with E-state index in [2.05, 4.69) is 25.9 Å². The second-order valence-corrected chi connectivity index (χ2v) is 7.66. The van der Waals surface area contributed by atoms with Gasteiger partial charge in [0.2, 0.25) is 0 Å². The van der Waals surface area contributed by atoms with E-state index in [9.17, 15) is 13.5 Å². The normalized spacial score (nSPS) is 11.7. The van der Waals surface area contributed by atoms with E-state index in [4.69, 9.17) is 4.74 Å².